The highest BCUT2D eigenvalue weighted by Gasteiger charge is 2.28. The van der Waals surface area contributed by atoms with E-state index in [1.807, 2.05) is 0 Å². The number of sulfonamides is 1. The lowest BCUT2D eigenvalue weighted by Gasteiger charge is -2.26. The van der Waals surface area contributed by atoms with E-state index < -0.39 is 14.9 Å². The minimum absolute atomic E-state index is 0.0446. The number of aromatic nitrogens is 1. The predicted molar refractivity (Wildman–Crippen MR) is 89.9 cm³/mol. The summed E-state index contributed by atoms with van der Waals surface area (Å²) in [4.78, 5) is 14.4. The highest BCUT2D eigenvalue weighted by atomic mass is 32.2. The van der Waals surface area contributed by atoms with E-state index in [1.165, 1.54) is 29.4 Å². The first kappa shape index (κ1) is 18.0. The van der Waals surface area contributed by atoms with Gasteiger partial charge in [0.1, 0.15) is 0 Å². The van der Waals surface area contributed by atoms with Gasteiger partial charge in [0.25, 0.3) is 5.69 Å². The molecule has 0 saturated carbocycles. The Bertz CT molecular complexity index is 836. The molecule has 0 spiro atoms. The van der Waals surface area contributed by atoms with Gasteiger partial charge in [0, 0.05) is 36.6 Å². The average molecular weight is 349 g/mol. The monoisotopic (exact) mass is 349 g/mol. The lowest BCUT2D eigenvalue weighted by atomic mass is 10.2. The summed E-state index contributed by atoms with van der Waals surface area (Å²) < 4.78 is 27.2. The Morgan fingerprint density at radius 3 is 2.50 bits per heavy atom. The van der Waals surface area contributed by atoms with E-state index in [0.717, 1.165) is 5.56 Å². The van der Waals surface area contributed by atoms with Crippen molar-refractivity contribution < 1.29 is 13.3 Å². The number of nitrogens with zero attached hydrogens (tertiary/aromatic N) is 3. The molecule has 0 atom stereocenters. The Kier molecular flexibility index (Phi) is 5.30. The molecule has 0 aliphatic carbocycles. The maximum absolute atomic E-state index is 12.9. The first-order chi connectivity index (χ1) is 11.2. The summed E-state index contributed by atoms with van der Waals surface area (Å²) in [6.45, 7) is 5.28. The van der Waals surface area contributed by atoms with Crippen molar-refractivity contribution in [2.24, 2.45) is 0 Å². The van der Waals surface area contributed by atoms with Crippen LogP contribution in [0.15, 0.2) is 47.6 Å². The number of nitro benzene ring substituents is 1. The highest BCUT2D eigenvalue weighted by molar-refractivity contribution is 7.89. The molecule has 0 saturated heterocycles. The van der Waals surface area contributed by atoms with Crippen LogP contribution in [0.25, 0.3) is 0 Å². The van der Waals surface area contributed by atoms with Crippen LogP contribution in [0.3, 0.4) is 0 Å². The number of nitro groups is 1. The zero-order valence-electron chi connectivity index (χ0n) is 13.7. The number of rotatable bonds is 6. The Hall–Kier alpha value is -2.32. The van der Waals surface area contributed by atoms with Crippen molar-refractivity contribution in [1.29, 1.82) is 0 Å². The smallest absolute Gasteiger partial charge is 0.264 e. The summed E-state index contributed by atoms with van der Waals surface area (Å²) >= 11 is 0. The lowest BCUT2D eigenvalue weighted by molar-refractivity contribution is -0.385. The van der Waals surface area contributed by atoms with Crippen LogP contribution < -0.4 is 0 Å². The second-order valence-electron chi connectivity index (χ2n) is 5.71. The number of pyridine rings is 1. The predicted octanol–water partition coefficient (Wildman–Crippen LogP) is 2.90. The molecule has 0 N–H and O–H groups in total. The molecule has 0 unspecified atom stereocenters. The minimum Gasteiger partial charge on any atom is -0.264 e. The SMILES string of the molecule is Cc1cc(S(=O)(=O)N(Cc2cccnc2)C(C)C)ccc1[N+](=O)[O-]. The van der Waals surface area contributed by atoms with Gasteiger partial charge < -0.3 is 0 Å². The van der Waals surface area contributed by atoms with Crippen molar-refractivity contribution in [3.8, 4) is 0 Å². The quantitative estimate of drug-likeness (QED) is 0.590. The summed E-state index contributed by atoms with van der Waals surface area (Å²) in [5.74, 6) is 0. The average Bonchev–Trinajstić information content (AvgIpc) is 2.52. The minimum atomic E-state index is -3.78. The fraction of sp³-hybridized carbons (Fsp3) is 0.312. The van der Waals surface area contributed by atoms with Gasteiger partial charge in [-0.1, -0.05) is 6.07 Å². The molecule has 0 bridgehead atoms. The van der Waals surface area contributed by atoms with Gasteiger partial charge >= 0.3 is 0 Å². The van der Waals surface area contributed by atoms with Crippen molar-refractivity contribution in [3.05, 3.63) is 64.0 Å². The van der Waals surface area contributed by atoms with Crippen LogP contribution in [0.1, 0.15) is 25.0 Å². The van der Waals surface area contributed by atoms with Crippen LogP contribution in [-0.4, -0.2) is 28.7 Å². The van der Waals surface area contributed by atoms with Crippen molar-refractivity contribution in [1.82, 2.24) is 9.29 Å². The Morgan fingerprint density at radius 1 is 1.29 bits per heavy atom. The molecule has 1 heterocycles. The van der Waals surface area contributed by atoms with E-state index in [1.54, 1.807) is 38.4 Å². The standard InChI is InChI=1S/C16H19N3O4S/c1-12(2)18(11-14-5-4-8-17-10-14)24(22,23)15-6-7-16(19(20)21)13(3)9-15/h4-10,12H,11H2,1-3H3. The lowest BCUT2D eigenvalue weighted by Crippen LogP contribution is -2.36. The zero-order valence-corrected chi connectivity index (χ0v) is 14.5. The summed E-state index contributed by atoms with van der Waals surface area (Å²) in [7, 11) is -3.78. The first-order valence-electron chi connectivity index (χ1n) is 7.39. The van der Waals surface area contributed by atoms with E-state index >= 15 is 0 Å². The largest absolute Gasteiger partial charge is 0.272 e. The fourth-order valence-electron chi connectivity index (χ4n) is 2.35. The van der Waals surface area contributed by atoms with Crippen LogP contribution in [0.5, 0.6) is 0 Å². The molecule has 8 heteroatoms. The molecule has 1 aromatic heterocycles. The Balaban J connectivity index is 2.42. The van der Waals surface area contributed by atoms with E-state index in [9.17, 15) is 18.5 Å². The molecule has 0 aliphatic rings. The highest BCUT2D eigenvalue weighted by Crippen LogP contribution is 2.26. The van der Waals surface area contributed by atoms with Crippen molar-refractivity contribution in [2.75, 3.05) is 0 Å². The van der Waals surface area contributed by atoms with Crippen LogP contribution in [-0.2, 0) is 16.6 Å². The summed E-state index contributed by atoms with van der Waals surface area (Å²) in [5.41, 5.74) is 0.983. The number of aryl methyl sites for hydroxylation is 1. The summed E-state index contributed by atoms with van der Waals surface area (Å²) in [6, 6.07) is 7.12. The molecule has 0 amide bonds. The molecular weight excluding hydrogens is 330 g/mol. The molecule has 0 fully saturated rings. The second-order valence-corrected chi connectivity index (χ2v) is 7.60. The molecule has 1 aromatic carbocycles. The van der Waals surface area contributed by atoms with Gasteiger partial charge in [-0.25, -0.2) is 8.42 Å². The maximum Gasteiger partial charge on any atom is 0.272 e. The normalized spacial score (nSPS) is 11.9. The molecule has 2 aromatic rings. The number of hydrogen-bond acceptors (Lipinski definition) is 5. The van der Waals surface area contributed by atoms with Gasteiger partial charge in [-0.2, -0.15) is 4.31 Å². The van der Waals surface area contributed by atoms with Gasteiger partial charge in [0.15, 0.2) is 0 Å². The van der Waals surface area contributed by atoms with Crippen LogP contribution in [0.4, 0.5) is 5.69 Å². The van der Waals surface area contributed by atoms with Crippen LogP contribution >= 0.6 is 0 Å². The first-order valence-corrected chi connectivity index (χ1v) is 8.83. The fourth-order valence-corrected chi connectivity index (χ4v) is 4.06. The van der Waals surface area contributed by atoms with Gasteiger partial charge in [-0.3, -0.25) is 15.1 Å². The summed E-state index contributed by atoms with van der Waals surface area (Å²) in [5, 5.41) is 10.9. The van der Waals surface area contributed by atoms with Gasteiger partial charge in [-0.15, -0.1) is 0 Å². The third kappa shape index (κ3) is 3.77. The third-order valence-electron chi connectivity index (χ3n) is 3.61. The van der Waals surface area contributed by atoms with Gasteiger partial charge in [0.2, 0.25) is 10.0 Å². The van der Waals surface area contributed by atoms with Gasteiger partial charge in [0.05, 0.1) is 9.82 Å². The second kappa shape index (κ2) is 7.06. The molecule has 0 radical (unpaired) electrons. The molecule has 0 aliphatic heterocycles. The van der Waals surface area contributed by atoms with E-state index in [0.29, 0.717) is 5.56 Å². The molecule has 24 heavy (non-hydrogen) atoms. The van der Waals surface area contributed by atoms with Crippen LogP contribution in [0.2, 0.25) is 0 Å². The van der Waals surface area contributed by atoms with Crippen molar-refractivity contribution >= 4 is 15.7 Å². The molecular formula is C16H19N3O4S. The third-order valence-corrected chi connectivity index (χ3v) is 5.63. The van der Waals surface area contributed by atoms with Crippen molar-refractivity contribution in [3.63, 3.8) is 0 Å². The molecule has 7 nitrogen and oxygen atoms in total. The maximum atomic E-state index is 12.9. The van der Waals surface area contributed by atoms with Crippen molar-refractivity contribution in [2.45, 2.75) is 38.3 Å². The Labute approximate surface area is 141 Å². The topological polar surface area (TPSA) is 93.4 Å². The van der Waals surface area contributed by atoms with E-state index in [2.05, 4.69) is 4.98 Å². The Morgan fingerprint density at radius 2 is 2.00 bits per heavy atom. The van der Waals surface area contributed by atoms with Gasteiger partial charge in [-0.05, 0) is 44.5 Å². The molecule has 2 rings (SSSR count). The number of benzene rings is 1. The molecule has 128 valence electrons. The number of hydrogen-bond donors (Lipinski definition) is 0. The van der Waals surface area contributed by atoms with Crippen LogP contribution in [0, 0.1) is 17.0 Å². The summed E-state index contributed by atoms with van der Waals surface area (Å²) in [6.07, 6.45) is 3.24. The van der Waals surface area contributed by atoms with E-state index in [-0.39, 0.29) is 23.2 Å². The van der Waals surface area contributed by atoms with E-state index in [4.69, 9.17) is 0 Å². The zero-order chi connectivity index (χ0) is 17.9.